The summed E-state index contributed by atoms with van der Waals surface area (Å²) in [6.45, 7) is 9.49. The molecule has 1 saturated heterocycles. The van der Waals surface area contributed by atoms with Crippen LogP contribution >= 0.6 is 23.4 Å². The number of benzene rings is 3. The lowest BCUT2D eigenvalue weighted by Crippen LogP contribution is -2.32. The van der Waals surface area contributed by atoms with Crippen molar-refractivity contribution >= 4 is 62.3 Å². The Morgan fingerprint density at radius 2 is 1.76 bits per heavy atom. The van der Waals surface area contributed by atoms with Gasteiger partial charge in [-0.25, -0.2) is 0 Å². The second-order valence-corrected chi connectivity index (χ2v) is 13.3. The summed E-state index contributed by atoms with van der Waals surface area (Å²) < 4.78 is 43.0. The Kier molecular flexibility index (Phi) is 10.8. The zero-order valence-electron chi connectivity index (χ0n) is 25.4. The first-order valence-corrected chi connectivity index (χ1v) is 16.7. The molecule has 1 aliphatic heterocycles. The lowest BCUT2D eigenvalue weighted by atomic mass is 10.0. The minimum absolute atomic E-state index is 0.0291. The number of rotatable bonds is 12. The van der Waals surface area contributed by atoms with Gasteiger partial charge in [0.15, 0.2) is 5.75 Å². The Morgan fingerprint density at radius 1 is 1.04 bits per heavy atom. The van der Waals surface area contributed by atoms with E-state index in [9.17, 15) is 22.8 Å². The molecule has 0 unspecified atom stereocenters. The number of hydrogen-bond acceptors (Lipinski definition) is 9. The Labute approximate surface area is 271 Å². The summed E-state index contributed by atoms with van der Waals surface area (Å²) in [6.07, 6.45) is 1.48. The highest BCUT2D eigenvalue weighted by Crippen LogP contribution is 2.40. The highest BCUT2D eigenvalue weighted by Gasteiger charge is 2.35. The maximum absolute atomic E-state index is 13.2. The Morgan fingerprint density at radius 3 is 2.40 bits per heavy atom. The maximum atomic E-state index is 13.2. The lowest BCUT2D eigenvalue weighted by molar-refractivity contribution is -0.123. The van der Waals surface area contributed by atoms with Gasteiger partial charge in [-0.3, -0.25) is 19.3 Å². The molecule has 0 spiro atoms. The molecule has 3 aromatic rings. The summed E-state index contributed by atoms with van der Waals surface area (Å²) in [7, 11) is -4.33. The van der Waals surface area contributed by atoms with E-state index in [4.69, 9.17) is 25.3 Å². The van der Waals surface area contributed by atoms with Crippen LogP contribution in [-0.4, -0.2) is 50.1 Å². The van der Waals surface area contributed by atoms with Crippen LogP contribution in [0.1, 0.15) is 50.3 Å². The van der Waals surface area contributed by atoms with Crippen LogP contribution < -0.4 is 19.0 Å². The van der Waals surface area contributed by atoms with E-state index in [-0.39, 0.29) is 57.9 Å². The maximum Gasteiger partial charge on any atom is 0.339 e. The van der Waals surface area contributed by atoms with E-state index in [1.165, 1.54) is 49.4 Å². The molecule has 3 aromatic carbocycles. The fraction of sp³-hybridized carbons (Fsp3) is 0.281. The molecule has 1 fully saturated rings. The summed E-state index contributed by atoms with van der Waals surface area (Å²) in [5.41, 5.74) is 2.90. The van der Waals surface area contributed by atoms with E-state index in [1.807, 2.05) is 25.1 Å². The molecule has 0 radical (unpaired) electrons. The van der Waals surface area contributed by atoms with Crippen LogP contribution in [-0.2, 0) is 19.7 Å². The van der Waals surface area contributed by atoms with Crippen LogP contribution in [0.4, 0.5) is 10.5 Å². The number of ether oxygens (including phenoxy) is 2. The lowest BCUT2D eigenvalue weighted by Gasteiger charge is -2.17. The molecule has 0 atom stereocenters. The molecule has 238 valence electrons. The molecule has 0 bridgehead atoms. The minimum Gasteiger partial charge on any atom is -0.491 e. The molecular weight excluding hydrogens is 640 g/mol. The molecule has 45 heavy (non-hydrogen) atoms. The second-order valence-electron chi connectivity index (χ2n) is 10.4. The van der Waals surface area contributed by atoms with Gasteiger partial charge in [0.25, 0.3) is 11.1 Å². The van der Waals surface area contributed by atoms with Crippen molar-refractivity contribution in [1.82, 2.24) is 4.90 Å². The number of carbonyl (C=O) groups is 3. The third kappa shape index (κ3) is 8.38. The average Bonchev–Trinajstić information content (AvgIpc) is 3.22. The largest absolute Gasteiger partial charge is 0.491 e. The van der Waals surface area contributed by atoms with Crippen molar-refractivity contribution in [2.24, 2.45) is 0 Å². The van der Waals surface area contributed by atoms with E-state index in [0.717, 1.165) is 33.5 Å². The van der Waals surface area contributed by atoms with Crippen molar-refractivity contribution in [3.05, 3.63) is 81.2 Å². The standard InChI is InChI=1S/C32H33ClN2O8S2/c1-6-41-28-17-22(16-26(33)30(28)43-45(39,40)24-10-8-23(9-11-24)34-21(5)36)18-29-31(37)35(32(38)44-29)13-14-42-27-15-20(4)7-12-25(27)19(2)3/h7-12,15-19H,6,13-14H2,1-5H3,(H,34,36)/b29-18-. The van der Waals surface area contributed by atoms with E-state index in [2.05, 4.69) is 19.2 Å². The topological polar surface area (TPSA) is 128 Å². The third-order valence-electron chi connectivity index (χ3n) is 6.52. The Balaban J connectivity index is 1.51. The summed E-state index contributed by atoms with van der Waals surface area (Å²) in [5, 5.41) is 2.04. The van der Waals surface area contributed by atoms with E-state index in [0.29, 0.717) is 11.3 Å². The van der Waals surface area contributed by atoms with Crippen molar-refractivity contribution < 1.29 is 36.5 Å². The van der Waals surface area contributed by atoms with Crippen molar-refractivity contribution in [1.29, 1.82) is 0 Å². The Bertz CT molecular complexity index is 1760. The first-order valence-electron chi connectivity index (χ1n) is 14.1. The van der Waals surface area contributed by atoms with Crippen LogP contribution in [0, 0.1) is 6.92 Å². The zero-order chi connectivity index (χ0) is 32.9. The van der Waals surface area contributed by atoms with E-state index in [1.54, 1.807) is 6.92 Å². The number of nitrogens with one attached hydrogen (secondary N) is 1. The van der Waals surface area contributed by atoms with Crippen molar-refractivity contribution in [3.8, 4) is 17.2 Å². The predicted molar refractivity (Wildman–Crippen MR) is 175 cm³/mol. The van der Waals surface area contributed by atoms with Crippen LogP contribution in [0.5, 0.6) is 17.2 Å². The number of hydrogen-bond donors (Lipinski definition) is 1. The van der Waals surface area contributed by atoms with Crippen molar-refractivity contribution in [2.75, 3.05) is 25.1 Å². The molecule has 10 nitrogen and oxygen atoms in total. The molecule has 1 aliphatic rings. The number of thioether (sulfide) groups is 1. The second kappa shape index (κ2) is 14.4. The first-order chi connectivity index (χ1) is 21.3. The van der Waals surface area contributed by atoms with Gasteiger partial charge >= 0.3 is 10.1 Å². The van der Waals surface area contributed by atoms with Gasteiger partial charge in [-0.15, -0.1) is 0 Å². The highest BCUT2D eigenvalue weighted by atomic mass is 35.5. The molecular formula is C32H33ClN2O8S2. The fourth-order valence-corrected chi connectivity index (χ4v) is 6.54. The van der Waals surface area contributed by atoms with Crippen LogP contribution in [0.25, 0.3) is 6.08 Å². The Hall–Kier alpha value is -4.00. The van der Waals surface area contributed by atoms with Crippen LogP contribution in [0.15, 0.2) is 64.4 Å². The van der Waals surface area contributed by atoms with Gasteiger partial charge in [0.1, 0.15) is 17.3 Å². The molecule has 0 saturated carbocycles. The van der Waals surface area contributed by atoms with E-state index < -0.39 is 21.3 Å². The van der Waals surface area contributed by atoms with Gasteiger partial charge in [0.2, 0.25) is 11.7 Å². The summed E-state index contributed by atoms with van der Waals surface area (Å²) in [5.74, 6) is -0.0234. The van der Waals surface area contributed by atoms with E-state index >= 15 is 0 Å². The fourth-order valence-electron chi connectivity index (χ4n) is 4.42. The number of carbonyl (C=O) groups excluding carboxylic acids is 3. The summed E-state index contributed by atoms with van der Waals surface area (Å²) in [4.78, 5) is 38.3. The number of nitrogens with zero attached hydrogens (tertiary/aromatic N) is 1. The number of imide groups is 1. The van der Waals surface area contributed by atoms with Gasteiger partial charge in [-0.05, 0) is 96.8 Å². The molecule has 1 heterocycles. The third-order valence-corrected chi connectivity index (χ3v) is 8.95. The van der Waals surface area contributed by atoms with Gasteiger partial charge < -0.3 is 19.0 Å². The number of amides is 3. The quantitative estimate of drug-likeness (QED) is 0.160. The van der Waals surface area contributed by atoms with Crippen LogP contribution in [0.3, 0.4) is 0 Å². The van der Waals surface area contributed by atoms with Gasteiger partial charge in [-0.2, -0.15) is 8.42 Å². The monoisotopic (exact) mass is 672 g/mol. The molecule has 4 rings (SSSR count). The molecule has 0 aliphatic carbocycles. The molecule has 13 heteroatoms. The predicted octanol–water partition coefficient (Wildman–Crippen LogP) is 7.01. The van der Waals surface area contributed by atoms with Crippen molar-refractivity contribution in [2.45, 2.75) is 45.4 Å². The molecule has 3 amide bonds. The summed E-state index contributed by atoms with van der Waals surface area (Å²) in [6, 6.07) is 14.3. The summed E-state index contributed by atoms with van der Waals surface area (Å²) >= 11 is 7.25. The normalized spacial score (nSPS) is 14.3. The number of anilines is 1. The highest BCUT2D eigenvalue weighted by molar-refractivity contribution is 8.18. The minimum atomic E-state index is -4.33. The molecule has 1 N–H and O–H groups in total. The SMILES string of the molecule is CCOc1cc(/C=C2\SC(=O)N(CCOc3cc(C)ccc3C(C)C)C2=O)cc(Cl)c1OS(=O)(=O)c1ccc(NC(C)=O)cc1. The van der Waals surface area contributed by atoms with Gasteiger partial charge in [0.05, 0.1) is 23.1 Å². The van der Waals surface area contributed by atoms with Crippen molar-refractivity contribution in [3.63, 3.8) is 0 Å². The number of halogens is 1. The van der Waals surface area contributed by atoms with Gasteiger partial charge in [0, 0.05) is 12.6 Å². The average molecular weight is 673 g/mol. The smallest absolute Gasteiger partial charge is 0.339 e. The first kappa shape index (κ1) is 33.9. The van der Waals surface area contributed by atoms with Crippen LogP contribution in [0.2, 0.25) is 5.02 Å². The van der Waals surface area contributed by atoms with Gasteiger partial charge in [-0.1, -0.05) is 37.6 Å². The zero-order valence-corrected chi connectivity index (χ0v) is 27.8. The molecule has 0 aromatic heterocycles. The number of aryl methyl sites for hydroxylation is 1.